The van der Waals surface area contributed by atoms with E-state index >= 15 is 0 Å². The molecule has 5 aromatic rings. The van der Waals surface area contributed by atoms with Crippen molar-refractivity contribution < 1.29 is 13.1 Å². The number of halogens is 2. The van der Waals surface area contributed by atoms with E-state index in [-0.39, 0.29) is 13.1 Å². The average Bonchev–Trinajstić information content (AvgIpc) is 2.92. The molecule has 3 nitrogen and oxygen atoms in total. The predicted octanol–water partition coefficient (Wildman–Crippen LogP) is 8.45. The molecule has 0 aliphatic carbocycles. The van der Waals surface area contributed by atoms with Crippen LogP contribution in [-0.2, 0) is 26.0 Å². The molecule has 178 valence electrons. The summed E-state index contributed by atoms with van der Waals surface area (Å²) in [6.07, 6.45) is 3.70. The first-order chi connectivity index (χ1) is 17.2. The van der Waals surface area contributed by atoms with Crippen molar-refractivity contribution in [3.63, 3.8) is 0 Å². The zero-order valence-electron chi connectivity index (χ0n) is 19.5. The maximum atomic E-state index is 5.26. The molecular formula is C29H25Cl2FeN3. The SMILES string of the molecule is CCc1cccc(CC)c1N=C(c1ccccc1)c1ccc2ccc3cccnc3c2n1.[Cl][Fe][Cl]. The molecule has 2 aromatic heterocycles. The molecule has 0 saturated heterocycles. The van der Waals surface area contributed by atoms with Crippen LogP contribution in [-0.4, -0.2) is 15.7 Å². The van der Waals surface area contributed by atoms with Crippen molar-refractivity contribution in [1.82, 2.24) is 9.97 Å². The number of aliphatic imine (C=N–C) groups is 1. The Labute approximate surface area is 220 Å². The second-order valence-electron chi connectivity index (χ2n) is 7.92. The quantitative estimate of drug-likeness (QED) is 0.127. The van der Waals surface area contributed by atoms with E-state index in [1.165, 1.54) is 11.1 Å². The molecular weight excluding hydrogens is 517 g/mol. The number of aryl methyl sites for hydroxylation is 2. The summed E-state index contributed by atoms with van der Waals surface area (Å²) in [6.45, 7) is 4.37. The number of rotatable bonds is 5. The molecule has 0 aliphatic rings. The van der Waals surface area contributed by atoms with Gasteiger partial charge in [-0.15, -0.1) is 0 Å². The predicted molar refractivity (Wildman–Crippen MR) is 146 cm³/mol. The van der Waals surface area contributed by atoms with Gasteiger partial charge in [0, 0.05) is 22.5 Å². The van der Waals surface area contributed by atoms with Crippen LogP contribution in [0.5, 0.6) is 0 Å². The van der Waals surface area contributed by atoms with E-state index in [9.17, 15) is 0 Å². The zero-order chi connectivity index (χ0) is 24.6. The van der Waals surface area contributed by atoms with E-state index < -0.39 is 0 Å². The summed E-state index contributed by atoms with van der Waals surface area (Å²) in [5.74, 6) is 0. The van der Waals surface area contributed by atoms with Gasteiger partial charge in [-0.2, -0.15) is 0 Å². The Morgan fingerprint density at radius 2 is 1.37 bits per heavy atom. The summed E-state index contributed by atoms with van der Waals surface area (Å²) in [5, 5.41) is 2.17. The van der Waals surface area contributed by atoms with E-state index in [1.807, 2.05) is 18.3 Å². The molecule has 0 saturated carbocycles. The number of para-hydroxylation sites is 1. The van der Waals surface area contributed by atoms with Gasteiger partial charge in [0.15, 0.2) is 0 Å². The van der Waals surface area contributed by atoms with Crippen LogP contribution in [0.2, 0.25) is 0 Å². The topological polar surface area (TPSA) is 38.1 Å². The van der Waals surface area contributed by atoms with Gasteiger partial charge in [0.25, 0.3) is 0 Å². The summed E-state index contributed by atoms with van der Waals surface area (Å²) in [6, 6.07) is 29.3. The fraction of sp³-hybridized carbons (Fsp3) is 0.138. The molecule has 0 atom stereocenters. The van der Waals surface area contributed by atoms with Crippen LogP contribution in [0.4, 0.5) is 5.69 Å². The van der Waals surface area contributed by atoms with Gasteiger partial charge in [-0.1, -0.05) is 86.6 Å². The number of fused-ring (bicyclic) bond motifs is 3. The molecule has 0 unspecified atom stereocenters. The van der Waals surface area contributed by atoms with Crippen LogP contribution < -0.4 is 0 Å². The third-order valence-electron chi connectivity index (χ3n) is 5.91. The summed E-state index contributed by atoms with van der Waals surface area (Å²) in [7, 11) is 9.53. The van der Waals surface area contributed by atoms with Crippen molar-refractivity contribution in [2.75, 3.05) is 0 Å². The molecule has 0 spiro atoms. The van der Waals surface area contributed by atoms with Crippen LogP contribution in [0.3, 0.4) is 0 Å². The number of pyridine rings is 2. The van der Waals surface area contributed by atoms with Gasteiger partial charge in [0.2, 0.25) is 0 Å². The first kappa shape index (κ1) is 25.3. The van der Waals surface area contributed by atoms with Crippen molar-refractivity contribution in [3.05, 3.63) is 114 Å². The van der Waals surface area contributed by atoms with Crippen molar-refractivity contribution in [3.8, 4) is 0 Å². The second-order valence-corrected chi connectivity index (χ2v) is 9.74. The molecule has 0 amide bonds. The van der Waals surface area contributed by atoms with Gasteiger partial charge in [-0.3, -0.25) is 4.98 Å². The van der Waals surface area contributed by atoms with Crippen LogP contribution in [0.25, 0.3) is 21.8 Å². The van der Waals surface area contributed by atoms with Gasteiger partial charge in [0.05, 0.1) is 28.1 Å². The Morgan fingerprint density at radius 3 is 2.03 bits per heavy atom. The molecule has 0 aliphatic heterocycles. The minimum absolute atomic E-state index is 0.194. The van der Waals surface area contributed by atoms with Gasteiger partial charge in [0.1, 0.15) is 0 Å². The summed E-state index contributed by atoms with van der Waals surface area (Å²) >= 11 is 0.194. The average molecular weight is 542 g/mol. The molecule has 6 heteroatoms. The number of benzene rings is 3. The Hall–Kier alpha value is -2.75. The summed E-state index contributed by atoms with van der Waals surface area (Å²) < 4.78 is 0. The Bertz CT molecular complexity index is 1450. The van der Waals surface area contributed by atoms with Gasteiger partial charge >= 0.3 is 33.3 Å². The van der Waals surface area contributed by atoms with E-state index in [4.69, 9.17) is 30.2 Å². The third-order valence-corrected chi connectivity index (χ3v) is 5.91. The van der Waals surface area contributed by atoms with Crippen LogP contribution >= 0.6 is 20.2 Å². The van der Waals surface area contributed by atoms with E-state index in [2.05, 4.69) is 91.6 Å². The van der Waals surface area contributed by atoms with Gasteiger partial charge in [-0.05, 0) is 36.1 Å². The Balaban J connectivity index is 0.000000917. The molecule has 0 N–H and O–H groups in total. The summed E-state index contributed by atoms with van der Waals surface area (Å²) in [5.41, 5.74) is 8.20. The summed E-state index contributed by atoms with van der Waals surface area (Å²) in [4.78, 5) is 15.0. The number of nitrogens with zero attached hydrogens (tertiary/aromatic N) is 3. The number of hydrogen-bond acceptors (Lipinski definition) is 3. The van der Waals surface area contributed by atoms with Crippen molar-refractivity contribution in [2.24, 2.45) is 4.99 Å². The molecule has 0 radical (unpaired) electrons. The molecule has 3 aromatic carbocycles. The van der Waals surface area contributed by atoms with Crippen LogP contribution in [0.1, 0.15) is 36.2 Å². The minimum atomic E-state index is 0.194. The van der Waals surface area contributed by atoms with Crippen molar-refractivity contribution >= 4 is 53.4 Å². The first-order valence-electron chi connectivity index (χ1n) is 11.4. The first-order valence-corrected chi connectivity index (χ1v) is 14.5. The van der Waals surface area contributed by atoms with Crippen LogP contribution in [0.15, 0.2) is 96.1 Å². The Morgan fingerprint density at radius 1 is 0.743 bits per heavy atom. The molecule has 35 heavy (non-hydrogen) atoms. The van der Waals surface area contributed by atoms with Crippen LogP contribution in [0, 0.1) is 0 Å². The maximum absolute atomic E-state index is 5.26. The van der Waals surface area contributed by atoms with Gasteiger partial charge < -0.3 is 0 Å². The fourth-order valence-corrected chi connectivity index (χ4v) is 4.19. The normalized spacial score (nSPS) is 11.5. The van der Waals surface area contributed by atoms with Crippen molar-refractivity contribution in [2.45, 2.75) is 26.7 Å². The monoisotopic (exact) mass is 541 g/mol. The fourth-order valence-electron chi connectivity index (χ4n) is 4.19. The second kappa shape index (κ2) is 12.3. The molecule has 0 bridgehead atoms. The Kier molecular flexibility index (Phi) is 8.89. The zero-order valence-corrected chi connectivity index (χ0v) is 22.1. The number of hydrogen-bond donors (Lipinski definition) is 0. The number of aromatic nitrogens is 2. The van der Waals surface area contributed by atoms with E-state index in [0.29, 0.717) is 0 Å². The van der Waals surface area contributed by atoms with E-state index in [1.54, 1.807) is 0 Å². The van der Waals surface area contributed by atoms with E-state index in [0.717, 1.165) is 57.3 Å². The van der Waals surface area contributed by atoms with Crippen molar-refractivity contribution in [1.29, 1.82) is 0 Å². The molecule has 5 rings (SSSR count). The molecule has 0 fully saturated rings. The molecule has 2 heterocycles. The standard InChI is InChI=1S/C29H25N3.2ClH.Fe/c1-3-20-12-8-13-21(4-2)26(20)32-27(22-10-6-5-7-11-22)25-18-17-24-16-15-23-14-9-19-30-28(23)29(24)31-25;;;/h5-19H,3-4H2,1-2H3;2*1H;/q;;;+2/p-2. The third kappa shape index (κ3) is 5.74. The van der Waals surface area contributed by atoms with Gasteiger partial charge in [-0.25, -0.2) is 9.98 Å².